The first-order chi connectivity index (χ1) is 9.08. The second-order valence-electron chi connectivity index (χ2n) is 4.76. The van der Waals surface area contributed by atoms with Crippen molar-refractivity contribution in [3.8, 4) is 5.88 Å². The maximum absolute atomic E-state index is 10.9. The van der Waals surface area contributed by atoms with Crippen LogP contribution in [-0.2, 0) is 4.79 Å². The number of aryl methyl sites for hydroxylation is 1. The number of carbonyl (C=O) groups is 1. The fraction of sp³-hybridized carbons (Fsp3) is 0.615. The van der Waals surface area contributed by atoms with E-state index in [0.29, 0.717) is 30.5 Å². The van der Waals surface area contributed by atoms with Crippen molar-refractivity contribution in [1.82, 2.24) is 9.97 Å². The van der Waals surface area contributed by atoms with Crippen molar-refractivity contribution in [1.29, 1.82) is 0 Å². The molecule has 1 aliphatic rings. The fourth-order valence-corrected chi connectivity index (χ4v) is 2.38. The predicted molar refractivity (Wildman–Crippen MR) is 70.3 cm³/mol. The molecule has 1 saturated carbocycles. The molecular weight excluding hydrogens is 246 g/mol. The van der Waals surface area contributed by atoms with Crippen molar-refractivity contribution >= 4 is 11.8 Å². The smallest absolute Gasteiger partial charge is 0.306 e. The molecule has 1 fully saturated rings. The maximum atomic E-state index is 10.9. The first kappa shape index (κ1) is 13.6. The quantitative estimate of drug-likeness (QED) is 0.845. The van der Waals surface area contributed by atoms with Gasteiger partial charge in [0.15, 0.2) is 0 Å². The summed E-state index contributed by atoms with van der Waals surface area (Å²) >= 11 is 0. The lowest BCUT2D eigenvalue weighted by molar-refractivity contribution is -0.141. The largest absolute Gasteiger partial charge is 0.481 e. The lowest BCUT2D eigenvalue weighted by Crippen LogP contribution is -2.19. The molecule has 1 aromatic rings. The molecule has 1 aromatic heterocycles. The summed E-state index contributed by atoms with van der Waals surface area (Å²) in [7, 11) is 0. The lowest BCUT2D eigenvalue weighted by Gasteiger charge is -2.14. The van der Waals surface area contributed by atoms with Gasteiger partial charge in [0, 0.05) is 12.1 Å². The number of nitrogens with one attached hydrogen (secondary N) is 1. The Morgan fingerprint density at radius 3 is 2.95 bits per heavy atom. The van der Waals surface area contributed by atoms with Crippen molar-refractivity contribution in [2.24, 2.45) is 5.92 Å². The van der Waals surface area contributed by atoms with Crippen LogP contribution < -0.4 is 10.1 Å². The Hall–Kier alpha value is -1.85. The number of aromatic nitrogens is 2. The summed E-state index contributed by atoms with van der Waals surface area (Å²) < 4.78 is 5.37. The molecule has 2 rings (SSSR count). The average Bonchev–Trinajstić information content (AvgIpc) is 2.77. The Balaban J connectivity index is 2.01. The lowest BCUT2D eigenvalue weighted by atomic mass is 10.1. The highest BCUT2D eigenvalue weighted by Gasteiger charge is 2.29. The van der Waals surface area contributed by atoms with Gasteiger partial charge >= 0.3 is 5.97 Å². The van der Waals surface area contributed by atoms with E-state index in [0.717, 1.165) is 12.8 Å². The minimum absolute atomic E-state index is 0.157. The number of aliphatic carboxylic acids is 1. The van der Waals surface area contributed by atoms with Gasteiger partial charge in [-0.25, -0.2) is 4.98 Å². The fourth-order valence-electron chi connectivity index (χ4n) is 2.38. The Bertz CT molecular complexity index is 464. The van der Waals surface area contributed by atoms with Crippen LogP contribution in [0.5, 0.6) is 5.88 Å². The number of anilines is 1. The summed E-state index contributed by atoms with van der Waals surface area (Å²) in [6, 6.07) is 1.91. The van der Waals surface area contributed by atoms with Crippen LogP contribution in [0.4, 0.5) is 5.82 Å². The van der Waals surface area contributed by atoms with E-state index in [1.54, 1.807) is 6.07 Å². The second-order valence-corrected chi connectivity index (χ2v) is 4.76. The SMILES string of the molecule is CCOc1cc(NC2CCC(C(=O)O)C2)nc(C)n1. The molecule has 6 heteroatoms. The van der Waals surface area contributed by atoms with Crippen LogP contribution in [0.25, 0.3) is 0 Å². The standard InChI is InChI=1S/C13H19N3O3/c1-3-19-12-7-11(14-8(2)15-12)16-10-5-4-9(6-10)13(17)18/h7,9-10H,3-6H2,1-2H3,(H,17,18)(H,14,15,16). The number of ether oxygens (including phenoxy) is 1. The molecule has 2 N–H and O–H groups in total. The number of carboxylic acids is 1. The monoisotopic (exact) mass is 265 g/mol. The van der Waals surface area contributed by atoms with Gasteiger partial charge in [-0.05, 0) is 33.1 Å². The normalized spacial score (nSPS) is 22.2. The highest BCUT2D eigenvalue weighted by molar-refractivity contribution is 5.70. The molecule has 0 aliphatic heterocycles. The van der Waals surface area contributed by atoms with Gasteiger partial charge < -0.3 is 15.2 Å². The summed E-state index contributed by atoms with van der Waals surface area (Å²) in [5, 5.41) is 12.3. The van der Waals surface area contributed by atoms with Gasteiger partial charge in [0.25, 0.3) is 0 Å². The summed E-state index contributed by atoms with van der Waals surface area (Å²) in [6.07, 6.45) is 2.21. The minimum Gasteiger partial charge on any atom is -0.481 e. The summed E-state index contributed by atoms with van der Waals surface area (Å²) in [5.41, 5.74) is 0. The average molecular weight is 265 g/mol. The van der Waals surface area contributed by atoms with Crippen molar-refractivity contribution in [2.75, 3.05) is 11.9 Å². The van der Waals surface area contributed by atoms with E-state index >= 15 is 0 Å². The van der Waals surface area contributed by atoms with Gasteiger partial charge in [0.2, 0.25) is 5.88 Å². The van der Waals surface area contributed by atoms with Crippen LogP contribution in [0, 0.1) is 12.8 Å². The molecule has 104 valence electrons. The highest BCUT2D eigenvalue weighted by atomic mass is 16.5. The zero-order valence-corrected chi connectivity index (χ0v) is 11.2. The molecule has 0 bridgehead atoms. The van der Waals surface area contributed by atoms with Crippen LogP contribution in [0.15, 0.2) is 6.07 Å². The van der Waals surface area contributed by atoms with Gasteiger partial charge in [-0.3, -0.25) is 4.79 Å². The zero-order chi connectivity index (χ0) is 13.8. The van der Waals surface area contributed by atoms with Crippen LogP contribution in [0.3, 0.4) is 0 Å². The maximum Gasteiger partial charge on any atom is 0.306 e. The molecule has 6 nitrogen and oxygen atoms in total. The summed E-state index contributed by atoms with van der Waals surface area (Å²) in [4.78, 5) is 19.4. The van der Waals surface area contributed by atoms with E-state index in [1.165, 1.54) is 0 Å². The van der Waals surface area contributed by atoms with Gasteiger partial charge in [-0.2, -0.15) is 4.98 Å². The topological polar surface area (TPSA) is 84.3 Å². The van der Waals surface area contributed by atoms with Gasteiger partial charge in [-0.15, -0.1) is 0 Å². The molecule has 0 aromatic carbocycles. The van der Waals surface area contributed by atoms with E-state index in [-0.39, 0.29) is 12.0 Å². The van der Waals surface area contributed by atoms with E-state index in [4.69, 9.17) is 9.84 Å². The molecule has 19 heavy (non-hydrogen) atoms. The minimum atomic E-state index is -0.710. The van der Waals surface area contributed by atoms with Gasteiger partial charge in [0.1, 0.15) is 11.6 Å². The van der Waals surface area contributed by atoms with E-state index in [9.17, 15) is 4.79 Å². The van der Waals surface area contributed by atoms with Crippen molar-refractivity contribution in [3.05, 3.63) is 11.9 Å². The molecule has 0 spiro atoms. The molecular formula is C13H19N3O3. The van der Waals surface area contributed by atoms with Crippen LogP contribution in [0.2, 0.25) is 0 Å². The molecule has 1 aliphatic carbocycles. The zero-order valence-electron chi connectivity index (χ0n) is 11.2. The third-order valence-electron chi connectivity index (χ3n) is 3.24. The van der Waals surface area contributed by atoms with E-state index in [1.807, 2.05) is 13.8 Å². The Labute approximate surface area is 112 Å². The third kappa shape index (κ3) is 3.56. The number of hydrogen-bond donors (Lipinski definition) is 2. The Morgan fingerprint density at radius 1 is 1.53 bits per heavy atom. The van der Waals surface area contributed by atoms with Crippen molar-refractivity contribution < 1.29 is 14.6 Å². The van der Waals surface area contributed by atoms with Gasteiger partial charge in [-0.1, -0.05) is 0 Å². The van der Waals surface area contributed by atoms with E-state index < -0.39 is 5.97 Å². The number of carboxylic acid groups (broad SMARTS) is 1. The van der Waals surface area contributed by atoms with E-state index in [2.05, 4.69) is 15.3 Å². The predicted octanol–water partition coefficient (Wildman–Crippen LogP) is 1.85. The number of hydrogen-bond acceptors (Lipinski definition) is 5. The van der Waals surface area contributed by atoms with Crippen molar-refractivity contribution in [2.45, 2.75) is 39.2 Å². The second kappa shape index (κ2) is 5.86. The molecule has 0 saturated heterocycles. The van der Waals surface area contributed by atoms with Crippen LogP contribution >= 0.6 is 0 Å². The Kier molecular flexibility index (Phi) is 4.19. The van der Waals surface area contributed by atoms with Gasteiger partial charge in [0.05, 0.1) is 12.5 Å². The number of rotatable bonds is 5. The third-order valence-corrected chi connectivity index (χ3v) is 3.24. The first-order valence-electron chi connectivity index (χ1n) is 6.56. The molecule has 1 heterocycles. The highest BCUT2D eigenvalue weighted by Crippen LogP contribution is 2.28. The first-order valence-corrected chi connectivity index (χ1v) is 6.56. The molecule has 2 unspecified atom stereocenters. The Morgan fingerprint density at radius 2 is 2.32 bits per heavy atom. The van der Waals surface area contributed by atoms with Crippen LogP contribution in [0.1, 0.15) is 32.0 Å². The summed E-state index contributed by atoms with van der Waals surface area (Å²) in [6.45, 7) is 4.27. The molecule has 0 radical (unpaired) electrons. The molecule has 0 amide bonds. The summed E-state index contributed by atoms with van der Waals surface area (Å²) in [5.74, 6) is 0.934. The van der Waals surface area contributed by atoms with Crippen LogP contribution in [-0.4, -0.2) is 33.7 Å². The number of nitrogens with zero attached hydrogens (tertiary/aromatic N) is 2. The van der Waals surface area contributed by atoms with Crippen molar-refractivity contribution in [3.63, 3.8) is 0 Å². The molecule has 2 atom stereocenters.